The SMILES string of the molecule is CCN(CC1CCCN1)C(=O)c1ccc(F)cc1Br. The van der Waals surface area contributed by atoms with Crippen LogP contribution in [0.5, 0.6) is 0 Å². The van der Waals surface area contributed by atoms with Gasteiger partial charge in [-0.15, -0.1) is 0 Å². The van der Waals surface area contributed by atoms with E-state index >= 15 is 0 Å². The van der Waals surface area contributed by atoms with Gasteiger partial charge < -0.3 is 10.2 Å². The molecule has 1 saturated heterocycles. The Morgan fingerprint density at radius 3 is 2.95 bits per heavy atom. The molecule has 1 amide bonds. The number of rotatable bonds is 4. The minimum atomic E-state index is -0.344. The van der Waals surface area contributed by atoms with Crippen LogP contribution in [-0.2, 0) is 0 Å². The fourth-order valence-electron chi connectivity index (χ4n) is 2.37. The van der Waals surface area contributed by atoms with Crippen molar-refractivity contribution in [2.45, 2.75) is 25.8 Å². The minimum absolute atomic E-state index is 0.0527. The third kappa shape index (κ3) is 3.54. The Labute approximate surface area is 121 Å². The van der Waals surface area contributed by atoms with Crippen molar-refractivity contribution >= 4 is 21.8 Å². The molecule has 5 heteroatoms. The van der Waals surface area contributed by atoms with Crippen LogP contribution in [-0.4, -0.2) is 36.5 Å². The smallest absolute Gasteiger partial charge is 0.255 e. The van der Waals surface area contributed by atoms with E-state index in [1.807, 2.05) is 6.92 Å². The number of carbonyl (C=O) groups excluding carboxylic acids is 1. The van der Waals surface area contributed by atoms with Gasteiger partial charge in [-0.05, 0) is 60.4 Å². The van der Waals surface area contributed by atoms with Gasteiger partial charge in [-0.3, -0.25) is 4.79 Å². The summed E-state index contributed by atoms with van der Waals surface area (Å²) in [6.45, 7) is 4.35. The van der Waals surface area contributed by atoms with E-state index in [0.717, 1.165) is 19.4 Å². The molecule has 1 fully saturated rings. The highest BCUT2D eigenvalue weighted by Crippen LogP contribution is 2.20. The molecule has 1 aromatic carbocycles. The Balaban J connectivity index is 2.10. The maximum absolute atomic E-state index is 13.1. The van der Waals surface area contributed by atoms with Crippen LogP contribution in [0.3, 0.4) is 0 Å². The molecule has 3 nitrogen and oxygen atoms in total. The molecule has 19 heavy (non-hydrogen) atoms. The van der Waals surface area contributed by atoms with E-state index in [2.05, 4.69) is 21.2 Å². The van der Waals surface area contributed by atoms with Crippen molar-refractivity contribution in [2.24, 2.45) is 0 Å². The van der Waals surface area contributed by atoms with E-state index in [1.54, 1.807) is 4.90 Å². The standard InChI is InChI=1S/C14H18BrFN2O/c1-2-18(9-11-4-3-7-17-11)14(19)12-6-5-10(16)8-13(12)15/h5-6,8,11,17H,2-4,7,9H2,1H3. The van der Waals surface area contributed by atoms with E-state index in [9.17, 15) is 9.18 Å². The first kappa shape index (κ1) is 14.5. The summed E-state index contributed by atoms with van der Waals surface area (Å²) in [5.41, 5.74) is 0.515. The lowest BCUT2D eigenvalue weighted by atomic mass is 10.1. The summed E-state index contributed by atoms with van der Waals surface area (Å²) < 4.78 is 13.6. The van der Waals surface area contributed by atoms with Crippen LogP contribution in [0, 0.1) is 5.82 Å². The maximum Gasteiger partial charge on any atom is 0.255 e. The zero-order valence-corrected chi connectivity index (χ0v) is 12.5. The summed E-state index contributed by atoms with van der Waals surface area (Å²) in [6, 6.07) is 4.56. The highest BCUT2D eigenvalue weighted by atomic mass is 79.9. The molecule has 2 rings (SSSR count). The van der Waals surface area contributed by atoms with Gasteiger partial charge in [0.15, 0.2) is 0 Å². The normalized spacial score (nSPS) is 18.6. The first-order chi connectivity index (χ1) is 9.11. The number of halogens is 2. The average molecular weight is 329 g/mol. The molecule has 0 spiro atoms. The fraction of sp³-hybridized carbons (Fsp3) is 0.500. The van der Waals surface area contributed by atoms with E-state index in [4.69, 9.17) is 0 Å². The number of carbonyl (C=O) groups is 1. The van der Waals surface area contributed by atoms with Crippen molar-refractivity contribution in [3.8, 4) is 0 Å². The Bertz CT molecular complexity index is 461. The lowest BCUT2D eigenvalue weighted by molar-refractivity contribution is 0.0750. The molecule has 104 valence electrons. The molecular formula is C14H18BrFN2O. The molecule has 0 bridgehead atoms. The van der Waals surface area contributed by atoms with Gasteiger partial charge in [0, 0.05) is 23.6 Å². The quantitative estimate of drug-likeness (QED) is 0.921. The zero-order valence-electron chi connectivity index (χ0n) is 11.0. The molecule has 1 aromatic rings. The fourth-order valence-corrected chi connectivity index (χ4v) is 2.89. The first-order valence-electron chi connectivity index (χ1n) is 6.59. The second-order valence-electron chi connectivity index (χ2n) is 4.76. The number of nitrogens with one attached hydrogen (secondary N) is 1. The van der Waals surface area contributed by atoms with Crippen molar-refractivity contribution in [3.63, 3.8) is 0 Å². The zero-order chi connectivity index (χ0) is 13.8. The lowest BCUT2D eigenvalue weighted by Crippen LogP contribution is -2.41. The molecule has 1 aliphatic heterocycles. The second-order valence-corrected chi connectivity index (χ2v) is 5.62. The summed E-state index contributed by atoms with van der Waals surface area (Å²) in [7, 11) is 0. The van der Waals surface area contributed by atoms with Gasteiger partial charge in [-0.25, -0.2) is 4.39 Å². The summed E-state index contributed by atoms with van der Waals surface area (Å²) in [6.07, 6.45) is 2.27. The van der Waals surface area contributed by atoms with Crippen LogP contribution in [0.15, 0.2) is 22.7 Å². The number of benzene rings is 1. The van der Waals surface area contributed by atoms with Crippen molar-refractivity contribution in [1.29, 1.82) is 0 Å². The Morgan fingerprint density at radius 2 is 2.37 bits per heavy atom. The van der Waals surface area contributed by atoms with Crippen molar-refractivity contribution in [2.75, 3.05) is 19.6 Å². The average Bonchev–Trinajstić information content (AvgIpc) is 2.88. The Kier molecular flexibility index (Phi) is 4.93. The van der Waals surface area contributed by atoms with E-state index in [0.29, 0.717) is 29.2 Å². The monoisotopic (exact) mass is 328 g/mol. The van der Waals surface area contributed by atoms with Gasteiger partial charge in [0.05, 0.1) is 5.56 Å². The molecular weight excluding hydrogens is 311 g/mol. The molecule has 1 atom stereocenters. The summed E-state index contributed by atoms with van der Waals surface area (Å²) in [5, 5.41) is 3.39. The Morgan fingerprint density at radius 1 is 1.58 bits per heavy atom. The summed E-state index contributed by atoms with van der Waals surface area (Å²) in [4.78, 5) is 14.2. The van der Waals surface area contributed by atoms with Crippen LogP contribution in [0.2, 0.25) is 0 Å². The highest BCUT2D eigenvalue weighted by molar-refractivity contribution is 9.10. The largest absolute Gasteiger partial charge is 0.337 e. The van der Waals surface area contributed by atoms with Gasteiger partial charge in [0.25, 0.3) is 5.91 Å². The van der Waals surface area contributed by atoms with Crippen LogP contribution < -0.4 is 5.32 Å². The second kappa shape index (κ2) is 6.48. The van der Waals surface area contributed by atoms with Crippen molar-refractivity contribution < 1.29 is 9.18 Å². The number of nitrogens with zero attached hydrogens (tertiary/aromatic N) is 1. The number of hydrogen-bond acceptors (Lipinski definition) is 2. The van der Waals surface area contributed by atoms with Crippen LogP contribution in [0.25, 0.3) is 0 Å². The minimum Gasteiger partial charge on any atom is -0.337 e. The van der Waals surface area contributed by atoms with Crippen LogP contribution in [0.1, 0.15) is 30.1 Å². The number of likely N-dealkylation sites (N-methyl/N-ethyl adjacent to an activating group) is 1. The third-order valence-electron chi connectivity index (χ3n) is 3.43. The molecule has 1 unspecified atom stereocenters. The van der Waals surface area contributed by atoms with Gasteiger partial charge in [0.2, 0.25) is 0 Å². The molecule has 1 heterocycles. The van der Waals surface area contributed by atoms with E-state index < -0.39 is 0 Å². The molecule has 0 aromatic heterocycles. The third-order valence-corrected chi connectivity index (χ3v) is 4.09. The van der Waals surface area contributed by atoms with E-state index in [1.165, 1.54) is 18.2 Å². The van der Waals surface area contributed by atoms with Gasteiger partial charge in [0.1, 0.15) is 5.82 Å². The molecule has 0 saturated carbocycles. The highest BCUT2D eigenvalue weighted by Gasteiger charge is 2.22. The van der Waals surface area contributed by atoms with Gasteiger partial charge in [-0.2, -0.15) is 0 Å². The predicted octanol–water partition coefficient (Wildman–Crippen LogP) is 2.80. The summed E-state index contributed by atoms with van der Waals surface area (Å²) in [5.74, 6) is -0.396. The topological polar surface area (TPSA) is 32.3 Å². The summed E-state index contributed by atoms with van der Waals surface area (Å²) >= 11 is 3.25. The van der Waals surface area contributed by atoms with Crippen molar-refractivity contribution in [1.82, 2.24) is 10.2 Å². The Hall–Kier alpha value is -0.940. The predicted molar refractivity (Wildman–Crippen MR) is 76.7 cm³/mol. The maximum atomic E-state index is 13.1. The number of amides is 1. The van der Waals surface area contributed by atoms with Crippen molar-refractivity contribution in [3.05, 3.63) is 34.1 Å². The molecule has 1 N–H and O–H groups in total. The van der Waals surface area contributed by atoms with E-state index in [-0.39, 0.29) is 11.7 Å². The van der Waals surface area contributed by atoms with Crippen LogP contribution >= 0.6 is 15.9 Å². The first-order valence-corrected chi connectivity index (χ1v) is 7.39. The molecule has 1 aliphatic rings. The van der Waals surface area contributed by atoms with Crippen LogP contribution in [0.4, 0.5) is 4.39 Å². The van der Waals surface area contributed by atoms with Gasteiger partial charge in [-0.1, -0.05) is 0 Å². The number of hydrogen-bond donors (Lipinski definition) is 1. The molecule has 0 radical (unpaired) electrons. The molecule has 0 aliphatic carbocycles. The van der Waals surface area contributed by atoms with Gasteiger partial charge >= 0.3 is 0 Å². The lowest BCUT2D eigenvalue weighted by Gasteiger charge is -2.25.